The number of rotatable bonds is 3. The molecule has 2 saturated heterocycles. The molecule has 0 aromatic rings. The highest BCUT2D eigenvalue weighted by Crippen LogP contribution is 2.34. The third-order valence-corrected chi connectivity index (χ3v) is 4.42. The van der Waals surface area contributed by atoms with Crippen molar-refractivity contribution in [2.75, 3.05) is 33.3 Å². The molecule has 2 amide bonds. The summed E-state index contributed by atoms with van der Waals surface area (Å²) in [5.41, 5.74) is -0.267. The quantitative estimate of drug-likeness (QED) is 0.753. The minimum absolute atomic E-state index is 0.0566. The van der Waals surface area contributed by atoms with Gasteiger partial charge in [-0.25, -0.2) is 0 Å². The molecule has 6 nitrogen and oxygen atoms in total. The van der Waals surface area contributed by atoms with Crippen molar-refractivity contribution in [3.63, 3.8) is 0 Å². The Hall–Kier alpha value is -1.40. The van der Waals surface area contributed by atoms with E-state index < -0.39 is 0 Å². The molecule has 0 aromatic carbocycles. The van der Waals surface area contributed by atoms with Crippen molar-refractivity contribution in [1.29, 1.82) is 0 Å². The van der Waals surface area contributed by atoms with Gasteiger partial charge in [-0.2, -0.15) is 0 Å². The fraction of sp³-hybridized carbons (Fsp3) is 0.733. The number of likely N-dealkylation sites (tertiary alicyclic amines) is 1. The maximum atomic E-state index is 12.2. The topological polar surface area (TPSA) is 70.1 Å². The molecule has 1 spiro atoms. The van der Waals surface area contributed by atoms with Gasteiger partial charge in [-0.15, -0.1) is 0 Å². The molecule has 0 saturated carbocycles. The number of ether oxygens (including phenoxy) is 1. The van der Waals surface area contributed by atoms with Crippen molar-refractivity contribution in [2.45, 2.75) is 37.4 Å². The molecule has 1 N–H and O–H groups in total. The highest BCUT2D eigenvalue weighted by molar-refractivity contribution is 5.90. The number of hydrogen-bond acceptors (Lipinski definition) is 4. The first-order valence-corrected chi connectivity index (χ1v) is 7.43. The van der Waals surface area contributed by atoms with E-state index in [1.165, 1.54) is 11.0 Å². The average Bonchev–Trinajstić information content (AvgIpc) is 2.46. The zero-order valence-corrected chi connectivity index (χ0v) is 12.6. The molecule has 2 aliphatic heterocycles. The minimum Gasteiger partial charge on any atom is -0.393 e. The lowest BCUT2D eigenvalue weighted by molar-refractivity contribution is -0.155. The fourth-order valence-electron chi connectivity index (χ4n) is 3.05. The molecule has 21 heavy (non-hydrogen) atoms. The molecule has 1 unspecified atom stereocenters. The minimum atomic E-state index is -0.294. The van der Waals surface area contributed by atoms with Crippen LogP contribution in [0.25, 0.3) is 0 Å². The van der Waals surface area contributed by atoms with E-state index in [-0.39, 0.29) is 30.1 Å². The van der Waals surface area contributed by atoms with Gasteiger partial charge in [-0.05, 0) is 25.3 Å². The molecule has 2 rings (SSSR count). The van der Waals surface area contributed by atoms with E-state index in [2.05, 4.69) is 6.58 Å². The van der Waals surface area contributed by atoms with Crippen LogP contribution in [0, 0.1) is 0 Å². The second-order valence-electron chi connectivity index (χ2n) is 5.96. The van der Waals surface area contributed by atoms with Crippen LogP contribution in [-0.2, 0) is 14.3 Å². The lowest BCUT2D eigenvalue weighted by Gasteiger charge is -2.45. The normalized spacial score (nSPS) is 24.7. The third kappa shape index (κ3) is 3.83. The van der Waals surface area contributed by atoms with E-state index in [1.807, 2.05) is 0 Å². The second-order valence-corrected chi connectivity index (χ2v) is 5.96. The second kappa shape index (κ2) is 6.58. The smallest absolute Gasteiger partial charge is 0.246 e. The fourth-order valence-corrected chi connectivity index (χ4v) is 3.05. The Kier molecular flexibility index (Phi) is 5.00. The molecular weight excluding hydrogens is 272 g/mol. The summed E-state index contributed by atoms with van der Waals surface area (Å²) in [6, 6.07) is 0. The Morgan fingerprint density at radius 3 is 2.71 bits per heavy atom. The van der Waals surface area contributed by atoms with Gasteiger partial charge in [0, 0.05) is 33.2 Å². The van der Waals surface area contributed by atoms with E-state index in [9.17, 15) is 14.7 Å². The van der Waals surface area contributed by atoms with Crippen LogP contribution in [-0.4, -0.2) is 71.7 Å². The summed E-state index contributed by atoms with van der Waals surface area (Å²) >= 11 is 0. The predicted octanol–water partition coefficient (Wildman–Crippen LogP) is 0.163. The number of hydrogen-bond donors (Lipinski definition) is 1. The van der Waals surface area contributed by atoms with Gasteiger partial charge in [0.1, 0.15) is 0 Å². The summed E-state index contributed by atoms with van der Waals surface area (Å²) in [6.07, 6.45) is 3.75. The molecular formula is C15H24N2O4. The van der Waals surface area contributed by atoms with Crippen LogP contribution in [0.15, 0.2) is 12.7 Å². The average molecular weight is 296 g/mol. The van der Waals surface area contributed by atoms with E-state index in [0.717, 1.165) is 12.8 Å². The molecule has 0 aliphatic carbocycles. The van der Waals surface area contributed by atoms with Crippen LogP contribution < -0.4 is 0 Å². The molecule has 2 heterocycles. The van der Waals surface area contributed by atoms with Gasteiger partial charge >= 0.3 is 0 Å². The summed E-state index contributed by atoms with van der Waals surface area (Å²) in [5.74, 6) is -0.311. The predicted molar refractivity (Wildman–Crippen MR) is 77.6 cm³/mol. The van der Waals surface area contributed by atoms with Crippen molar-refractivity contribution in [2.24, 2.45) is 0 Å². The summed E-state index contributed by atoms with van der Waals surface area (Å²) in [6.45, 7) is 5.29. The van der Waals surface area contributed by atoms with Crippen molar-refractivity contribution in [1.82, 2.24) is 9.80 Å². The highest BCUT2D eigenvalue weighted by atomic mass is 16.5. The van der Waals surface area contributed by atoms with Crippen LogP contribution in [0.2, 0.25) is 0 Å². The number of aliphatic hydroxyl groups excluding tert-OH is 1. The molecule has 6 heteroatoms. The van der Waals surface area contributed by atoms with E-state index in [1.54, 1.807) is 11.9 Å². The number of nitrogens with zero attached hydrogens (tertiary/aromatic N) is 2. The number of carbonyl (C=O) groups is 2. The number of aliphatic hydroxyl groups is 1. The molecule has 2 aliphatic rings. The lowest BCUT2D eigenvalue weighted by atomic mass is 9.83. The molecule has 2 fully saturated rings. The van der Waals surface area contributed by atoms with Crippen molar-refractivity contribution in [3.8, 4) is 0 Å². The first-order valence-electron chi connectivity index (χ1n) is 7.43. The zero-order valence-electron chi connectivity index (χ0n) is 12.6. The van der Waals surface area contributed by atoms with Gasteiger partial charge in [0.15, 0.2) is 0 Å². The Labute approximate surface area is 125 Å². The summed E-state index contributed by atoms with van der Waals surface area (Å²) in [4.78, 5) is 26.7. The number of likely N-dealkylation sites (N-methyl/N-ethyl adjacent to an activating group) is 1. The molecule has 118 valence electrons. The number of carbonyl (C=O) groups excluding carboxylic acids is 2. The van der Waals surface area contributed by atoms with Gasteiger partial charge in [0.25, 0.3) is 0 Å². The van der Waals surface area contributed by atoms with Crippen LogP contribution in [0.3, 0.4) is 0 Å². The Morgan fingerprint density at radius 1 is 1.48 bits per heavy atom. The van der Waals surface area contributed by atoms with Crippen LogP contribution in [0.4, 0.5) is 0 Å². The number of piperidine rings is 1. The number of amides is 2. The van der Waals surface area contributed by atoms with Gasteiger partial charge in [0.2, 0.25) is 11.8 Å². The van der Waals surface area contributed by atoms with Crippen LogP contribution in [0.5, 0.6) is 0 Å². The third-order valence-electron chi connectivity index (χ3n) is 4.42. The van der Waals surface area contributed by atoms with Crippen molar-refractivity contribution in [3.05, 3.63) is 12.7 Å². The van der Waals surface area contributed by atoms with Gasteiger partial charge in [0.05, 0.1) is 18.2 Å². The van der Waals surface area contributed by atoms with Crippen LogP contribution >= 0.6 is 0 Å². The van der Waals surface area contributed by atoms with E-state index >= 15 is 0 Å². The largest absolute Gasteiger partial charge is 0.393 e. The monoisotopic (exact) mass is 296 g/mol. The molecule has 0 radical (unpaired) electrons. The van der Waals surface area contributed by atoms with Gasteiger partial charge < -0.3 is 19.6 Å². The highest BCUT2D eigenvalue weighted by Gasteiger charge is 2.40. The lowest BCUT2D eigenvalue weighted by Crippen LogP contribution is -2.53. The maximum Gasteiger partial charge on any atom is 0.246 e. The Bertz CT molecular complexity index is 416. The summed E-state index contributed by atoms with van der Waals surface area (Å²) < 4.78 is 5.87. The van der Waals surface area contributed by atoms with E-state index in [4.69, 9.17) is 4.74 Å². The summed E-state index contributed by atoms with van der Waals surface area (Å²) in [5, 5.41) is 9.79. The standard InChI is InChI=1S/C15H24N2O4/c1-3-13(19)16(2)11-14(20)17-7-5-15(6-8-17)10-12(18)4-9-21-15/h3,12,18H,1,4-11H2,2H3. The molecule has 0 aromatic heterocycles. The van der Waals surface area contributed by atoms with Crippen LogP contribution in [0.1, 0.15) is 25.7 Å². The molecule has 1 atom stereocenters. The molecule has 0 bridgehead atoms. The van der Waals surface area contributed by atoms with Crippen molar-refractivity contribution < 1.29 is 19.4 Å². The van der Waals surface area contributed by atoms with Gasteiger partial charge in [-0.3, -0.25) is 9.59 Å². The summed E-state index contributed by atoms with van der Waals surface area (Å²) in [7, 11) is 1.59. The maximum absolute atomic E-state index is 12.2. The Balaban J connectivity index is 1.84. The van der Waals surface area contributed by atoms with E-state index in [0.29, 0.717) is 32.5 Å². The first kappa shape index (κ1) is 16.0. The first-order chi connectivity index (χ1) is 9.96. The SMILES string of the molecule is C=CC(=O)N(C)CC(=O)N1CCC2(CC1)CC(O)CCO2. The Morgan fingerprint density at radius 2 is 2.14 bits per heavy atom. The van der Waals surface area contributed by atoms with Gasteiger partial charge in [-0.1, -0.05) is 6.58 Å². The van der Waals surface area contributed by atoms with Crippen molar-refractivity contribution >= 4 is 11.8 Å². The zero-order chi connectivity index (χ0) is 15.5.